The summed E-state index contributed by atoms with van der Waals surface area (Å²) >= 11 is 0. The Balaban J connectivity index is 1.48. The van der Waals surface area contributed by atoms with Crippen molar-refractivity contribution in [3.8, 4) is 0 Å². The van der Waals surface area contributed by atoms with E-state index in [1.54, 1.807) is 0 Å². The van der Waals surface area contributed by atoms with Gasteiger partial charge in [-0.15, -0.1) is 0 Å². The van der Waals surface area contributed by atoms with Crippen LogP contribution in [0.15, 0.2) is 36.7 Å². The third-order valence-corrected chi connectivity index (χ3v) is 4.65. The SMILES string of the molecule is CN1CCC(CCNCc2cccc3cnccc23)CC1. The van der Waals surface area contributed by atoms with Gasteiger partial charge in [0.15, 0.2) is 0 Å². The van der Waals surface area contributed by atoms with Crippen molar-refractivity contribution in [1.29, 1.82) is 0 Å². The maximum atomic E-state index is 4.19. The predicted octanol–water partition coefficient (Wildman–Crippen LogP) is 3.06. The first-order valence-corrected chi connectivity index (χ1v) is 8.04. The zero-order valence-corrected chi connectivity index (χ0v) is 12.9. The lowest BCUT2D eigenvalue weighted by Crippen LogP contribution is -2.31. The summed E-state index contributed by atoms with van der Waals surface area (Å²) in [6.07, 6.45) is 7.85. The highest BCUT2D eigenvalue weighted by atomic mass is 15.1. The second-order valence-electron chi connectivity index (χ2n) is 6.23. The van der Waals surface area contributed by atoms with Crippen LogP contribution in [0.25, 0.3) is 10.8 Å². The van der Waals surface area contributed by atoms with Crippen LogP contribution in [0.1, 0.15) is 24.8 Å². The van der Waals surface area contributed by atoms with Crippen LogP contribution in [-0.4, -0.2) is 36.6 Å². The van der Waals surface area contributed by atoms with E-state index in [0.29, 0.717) is 0 Å². The van der Waals surface area contributed by atoms with Gasteiger partial charge in [0.1, 0.15) is 0 Å². The smallest absolute Gasteiger partial charge is 0.0346 e. The molecule has 1 fully saturated rings. The first-order chi connectivity index (χ1) is 10.3. The summed E-state index contributed by atoms with van der Waals surface area (Å²) in [4.78, 5) is 6.63. The maximum Gasteiger partial charge on any atom is 0.0346 e. The first-order valence-electron chi connectivity index (χ1n) is 8.04. The Morgan fingerprint density at radius 2 is 2.10 bits per heavy atom. The summed E-state index contributed by atoms with van der Waals surface area (Å²) < 4.78 is 0. The maximum absolute atomic E-state index is 4.19. The summed E-state index contributed by atoms with van der Waals surface area (Å²) in [5, 5.41) is 6.17. The van der Waals surface area contributed by atoms with Gasteiger partial charge in [0.05, 0.1) is 0 Å². The summed E-state index contributed by atoms with van der Waals surface area (Å²) in [6.45, 7) is 4.60. The Bertz CT molecular complexity index is 568. The van der Waals surface area contributed by atoms with Crippen LogP contribution in [0.5, 0.6) is 0 Å². The number of piperidine rings is 1. The summed E-state index contributed by atoms with van der Waals surface area (Å²) in [7, 11) is 2.23. The first kappa shape index (κ1) is 14.5. The lowest BCUT2D eigenvalue weighted by molar-refractivity contribution is 0.211. The van der Waals surface area contributed by atoms with Crippen LogP contribution in [0, 0.1) is 5.92 Å². The molecular weight excluding hydrogens is 258 g/mol. The fourth-order valence-corrected chi connectivity index (χ4v) is 3.22. The number of fused-ring (bicyclic) bond motifs is 1. The van der Waals surface area contributed by atoms with Crippen molar-refractivity contribution in [1.82, 2.24) is 15.2 Å². The molecule has 1 aromatic carbocycles. The average molecular weight is 283 g/mol. The van der Waals surface area contributed by atoms with Crippen LogP contribution >= 0.6 is 0 Å². The molecule has 3 heteroatoms. The standard InChI is InChI=1S/C18H25N3/c1-21-11-7-15(8-12-21)5-9-19-13-16-3-2-4-17-14-20-10-6-18(16)17/h2-4,6,10,14-15,19H,5,7-9,11-13H2,1H3. The fourth-order valence-electron chi connectivity index (χ4n) is 3.22. The van der Waals surface area contributed by atoms with E-state index < -0.39 is 0 Å². The van der Waals surface area contributed by atoms with Crippen LogP contribution in [-0.2, 0) is 6.54 Å². The van der Waals surface area contributed by atoms with Crippen molar-refractivity contribution >= 4 is 10.8 Å². The van der Waals surface area contributed by atoms with E-state index in [9.17, 15) is 0 Å². The minimum atomic E-state index is 0.908. The zero-order valence-electron chi connectivity index (χ0n) is 12.9. The number of rotatable bonds is 5. The Kier molecular flexibility index (Phi) is 4.84. The van der Waals surface area contributed by atoms with Gasteiger partial charge in [-0.2, -0.15) is 0 Å². The third kappa shape index (κ3) is 3.80. The monoisotopic (exact) mass is 283 g/mol. The summed E-state index contributed by atoms with van der Waals surface area (Å²) in [5.74, 6) is 0.908. The number of hydrogen-bond donors (Lipinski definition) is 1. The number of nitrogens with zero attached hydrogens (tertiary/aromatic N) is 2. The van der Waals surface area contributed by atoms with Gasteiger partial charge in [-0.1, -0.05) is 18.2 Å². The molecule has 1 saturated heterocycles. The van der Waals surface area contributed by atoms with Gasteiger partial charge in [0.25, 0.3) is 0 Å². The van der Waals surface area contributed by atoms with Gasteiger partial charge in [0.2, 0.25) is 0 Å². The number of likely N-dealkylation sites (tertiary alicyclic amines) is 1. The Morgan fingerprint density at radius 3 is 2.95 bits per heavy atom. The highest BCUT2D eigenvalue weighted by Crippen LogP contribution is 2.19. The van der Waals surface area contributed by atoms with Gasteiger partial charge in [-0.05, 0) is 68.9 Å². The van der Waals surface area contributed by atoms with Gasteiger partial charge >= 0.3 is 0 Å². The molecule has 1 N–H and O–H groups in total. The molecule has 1 aliphatic rings. The number of benzene rings is 1. The van der Waals surface area contributed by atoms with Crippen LogP contribution in [0.2, 0.25) is 0 Å². The third-order valence-electron chi connectivity index (χ3n) is 4.65. The van der Waals surface area contributed by atoms with E-state index >= 15 is 0 Å². The van der Waals surface area contributed by atoms with Crippen LogP contribution < -0.4 is 5.32 Å². The minimum Gasteiger partial charge on any atom is -0.313 e. The molecule has 1 aliphatic heterocycles. The van der Waals surface area contributed by atoms with Gasteiger partial charge in [-0.25, -0.2) is 0 Å². The second kappa shape index (κ2) is 7.01. The van der Waals surface area contributed by atoms with Crippen molar-refractivity contribution in [2.75, 3.05) is 26.7 Å². The molecule has 0 amide bonds. The molecule has 112 valence electrons. The Hall–Kier alpha value is -1.45. The van der Waals surface area contributed by atoms with Crippen LogP contribution in [0.4, 0.5) is 0 Å². The van der Waals surface area contributed by atoms with E-state index in [1.807, 2.05) is 12.4 Å². The molecule has 0 unspecified atom stereocenters. The summed E-state index contributed by atoms with van der Waals surface area (Å²) in [6, 6.07) is 8.58. The molecule has 0 aliphatic carbocycles. The molecule has 3 nitrogen and oxygen atoms in total. The molecule has 0 radical (unpaired) electrons. The van der Waals surface area contributed by atoms with E-state index in [2.05, 4.69) is 46.5 Å². The van der Waals surface area contributed by atoms with Crippen molar-refractivity contribution in [2.45, 2.75) is 25.8 Å². The van der Waals surface area contributed by atoms with Crippen molar-refractivity contribution < 1.29 is 0 Å². The van der Waals surface area contributed by atoms with E-state index in [4.69, 9.17) is 0 Å². The van der Waals surface area contributed by atoms with Gasteiger partial charge in [-0.3, -0.25) is 4.98 Å². The molecule has 2 heterocycles. The average Bonchev–Trinajstić information content (AvgIpc) is 2.53. The normalized spacial score (nSPS) is 17.4. The van der Waals surface area contributed by atoms with E-state index in [0.717, 1.165) is 19.0 Å². The molecule has 2 aromatic rings. The summed E-state index contributed by atoms with van der Waals surface area (Å²) in [5.41, 5.74) is 1.37. The topological polar surface area (TPSA) is 28.2 Å². The van der Waals surface area contributed by atoms with Crippen LogP contribution in [0.3, 0.4) is 0 Å². The Labute approximate surface area is 127 Å². The van der Waals surface area contributed by atoms with E-state index in [1.165, 1.54) is 48.7 Å². The molecule has 0 saturated carbocycles. The zero-order chi connectivity index (χ0) is 14.5. The predicted molar refractivity (Wildman–Crippen MR) is 88.3 cm³/mol. The molecule has 0 atom stereocenters. The van der Waals surface area contributed by atoms with Gasteiger partial charge in [0, 0.05) is 24.3 Å². The van der Waals surface area contributed by atoms with Crippen molar-refractivity contribution in [2.24, 2.45) is 5.92 Å². The highest BCUT2D eigenvalue weighted by molar-refractivity contribution is 5.84. The molecule has 21 heavy (non-hydrogen) atoms. The van der Waals surface area contributed by atoms with E-state index in [-0.39, 0.29) is 0 Å². The second-order valence-corrected chi connectivity index (χ2v) is 6.23. The highest BCUT2D eigenvalue weighted by Gasteiger charge is 2.15. The minimum absolute atomic E-state index is 0.908. The largest absolute Gasteiger partial charge is 0.313 e. The number of aromatic nitrogens is 1. The molecule has 1 aromatic heterocycles. The number of hydrogen-bond acceptors (Lipinski definition) is 3. The molecule has 0 bridgehead atoms. The van der Waals surface area contributed by atoms with Crippen molar-refractivity contribution in [3.63, 3.8) is 0 Å². The molecule has 0 spiro atoms. The molecule has 3 rings (SSSR count). The number of nitrogens with one attached hydrogen (secondary N) is 1. The lowest BCUT2D eigenvalue weighted by atomic mass is 9.94. The van der Waals surface area contributed by atoms with Gasteiger partial charge < -0.3 is 10.2 Å². The fraction of sp³-hybridized carbons (Fsp3) is 0.500. The van der Waals surface area contributed by atoms with Crippen molar-refractivity contribution in [3.05, 3.63) is 42.2 Å². The lowest BCUT2D eigenvalue weighted by Gasteiger charge is -2.28. The quantitative estimate of drug-likeness (QED) is 0.855. The number of pyridine rings is 1. The Morgan fingerprint density at radius 1 is 1.24 bits per heavy atom. The molecular formula is C18H25N3.